The molecule has 0 radical (unpaired) electrons. The van der Waals surface area contributed by atoms with Gasteiger partial charge in [-0.1, -0.05) is 17.7 Å². The summed E-state index contributed by atoms with van der Waals surface area (Å²) in [5.74, 6) is -0.434. The van der Waals surface area contributed by atoms with E-state index in [1.54, 1.807) is 26.0 Å². The molecule has 0 amide bonds. The molecule has 0 aliphatic carbocycles. The van der Waals surface area contributed by atoms with Gasteiger partial charge in [-0.15, -0.1) is 0 Å². The van der Waals surface area contributed by atoms with Gasteiger partial charge in [0.25, 0.3) is 0 Å². The molecule has 4 heteroatoms. The Morgan fingerprint density at radius 3 is 2.64 bits per heavy atom. The van der Waals surface area contributed by atoms with Crippen molar-refractivity contribution in [2.75, 3.05) is 0 Å². The van der Waals surface area contributed by atoms with Crippen molar-refractivity contribution < 1.29 is 9.90 Å². The number of phenolic OH excluding ortho intramolecular Hbond substituents is 1. The van der Waals surface area contributed by atoms with E-state index < -0.39 is 6.04 Å². The second-order valence-corrected chi connectivity index (χ2v) is 3.65. The summed E-state index contributed by atoms with van der Waals surface area (Å²) in [4.78, 5) is 11.6. The number of aromatic hydroxyl groups is 1. The molecule has 1 aromatic carbocycles. The molecule has 0 saturated carbocycles. The van der Waals surface area contributed by atoms with Crippen LogP contribution in [0.5, 0.6) is 5.75 Å². The first-order valence-electron chi connectivity index (χ1n) is 4.23. The predicted octanol–water partition coefficient (Wildman–Crippen LogP) is 1.88. The second-order valence-electron chi connectivity index (χ2n) is 3.24. The van der Waals surface area contributed by atoms with E-state index in [0.29, 0.717) is 5.56 Å². The average molecular weight is 214 g/mol. The van der Waals surface area contributed by atoms with Gasteiger partial charge < -0.3 is 10.8 Å². The smallest absolute Gasteiger partial charge is 0.184 e. The van der Waals surface area contributed by atoms with Crippen molar-refractivity contribution in [3.8, 4) is 5.75 Å². The minimum atomic E-state index is -0.666. The maximum atomic E-state index is 11.6. The fourth-order valence-corrected chi connectivity index (χ4v) is 1.38. The van der Waals surface area contributed by atoms with Crippen molar-refractivity contribution in [3.63, 3.8) is 0 Å². The number of hydrogen-bond donors (Lipinski definition) is 2. The molecule has 0 aliphatic heterocycles. The van der Waals surface area contributed by atoms with Crippen LogP contribution in [0.1, 0.15) is 22.8 Å². The Balaban J connectivity index is 3.33. The molecule has 76 valence electrons. The summed E-state index contributed by atoms with van der Waals surface area (Å²) in [5.41, 5.74) is 6.16. The van der Waals surface area contributed by atoms with Crippen LogP contribution in [0.3, 0.4) is 0 Å². The maximum absolute atomic E-state index is 11.6. The third-order valence-electron chi connectivity index (χ3n) is 1.99. The van der Waals surface area contributed by atoms with Crippen molar-refractivity contribution in [2.45, 2.75) is 19.9 Å². The topological polar surface area (TPSA) is 63.3 Å². The third-order valence-corrected chi connectivity index (χ3v) is 2.30. The van der Waals surface area contributed by atoms with Crippen LogP contribution < -0.4 is 5.73 Å². The van der Waals surface area contributed by atoms with Crippen LogP contribution in [-0.4, -0.2) is 16.9 Å². The zero-order chi connectivity index (χ0) is 10.9. The molecular weight excluding hydrogens is 202 g/mol. The van der Waals surface area contributed by atoms with Crippen LogP contribution in [-0.2, 0) is 0 Å². The number of phenols is 1. The average Bonchev–Trinajstić information content (AvgIpc) is 2.12. The minimum Gasteiger partial charge on any atom is -0.507 e. The van der Waals surface area contributed by atoms with E-state index in [1.165, 1.54) is 0 Å². The van der Waals surface area contributed by atoms with Gasteiger partial charge in [-0.3, -0.25) is 4.79 Å². The van der Waals surface area contributed by atoms with Gasteiger partial charge in [0.2, 0.25) is 0 Å². The fraction of sp³-hybridized carbons (Fsp3) is 0.300. The first-order valence-corrected chi connectivity index (χ1v) is 4.60. The molecule has 0 bridgehead atoms. The summed E-state index contributed by atoms with van der Waals surface area (Å²) in [6, 6.07) is 2.56. The molecule has 1 atom stereocenters. The largest absolute Gasteiger partial charge is 0.507 e. The number of carbonyl (C=O) groups is 1. The lowest BCUT2D eigenvalue weighted by Crippen LogP contribution is -2.27. The molecule has 1 unspecified atom stereocenters. The molecule has 3 nitrogen and oxygen atoms in total. The zero-order valence-corrected chi connectivity index (χ0v) is 8.80. The van der Waals surface area contributed by atoms with E-state index >= 15 is 0 Å². The van der Waals surface area contributed by atoms with Crippen molar-refractivity contribution in [1.82, 2.24) is 0 Å². The highest BCUT2D eigenvalue weighted by atomic mass is 35.5. The quantitative estimate of drug-likeness (QED) is 0.738. The van der Waals surface area contributed by atoms with Gasteiger partial charge in [-0.05, 0) is 25.5 Å². The van der Waals surface area contributed by atoms with Crippen LogP contribution >= 0.6 is 11.6 Å². The number of halogens is 1. The van der Waals surface area contributed by atoms with Gasteiger partial charge in [0.1, 0.15) is 5.75 Å². The SMILES string of the molecule is Cc1ccc(Cl)c(C(=O)C(C)N)c1O. The minimum absolute atomic E-state index is 0.0835. The Kier molecular flexibility index (Phi) is 3.13. The van der Waals surface area contributed by atoms with Crippen LogP contribution in [0.15, 0.2) is 12.1 Å². The van der Waals surface area contributed by atoms with E-state index in [4.69, 9.17) is 17.3 Å². The molecular formula is C10H12ClNO2. The number of Topliss-reactive ketones (excluding diaryl/α,β-unsaturated/α-hetero) is 1. The molecule has 0 aromatic heterocycles. The Labute approximate surface area is 87.5 Å². The molecule has 1 aromatic rings. The van der Waals surface area contributed by atoms with E-state index in [0.717, 1.165) is 0 Å². The molecule has 14 heavy (non-hydrogen) atoms. The van der Waals surface area contributed by atoms with Gasteiger partial charge in [0.15, 0.2) is 5.78 Å². The first kappa shape index (κ1) is 11.0. The predicted molar refractivity (Wildman–Crippen MR) is 55.8 cm³/mol. The molecule has 0 fully saturated rings. The highest BCUT2D eigenvalue weighted by Gasteiger charge is 2.19. The fourth-order valence-electron chi connectivity index (χ4n) is 1.13. The lowest BCUT2D eigenvalue weighted by molar-refractivity contribution is 0.0965. The van der Waals surface area contributed by atoms with Gasteiger partial charge >= 0.3 is 0 Å². The normalized spacial score (nSPS) is 12.6. The van der Waals surface area contributed by atoms with Crippen LogP contribution in [0, 0.1) is 6.92 Å². The van der Waals surface area contributed by atoms with Crippen LogP contribution in [0.4, 0.5) is 0 Å². The number of benzene rings is 1. The highest BCUT2D eigenvalue weighted by molar-refractivity contribution is 6.34. The zero-order valence-electron chi connectivity index (χ0n) is 8.04. The Morgan fingerprint density at radius 2 is 2.14 bits per heavy atom. The van der Waals surface area contributed by atoms with E-state index in [-0.39, 0.29) is 22.1 Å². The highest BCUT2D eigenvalue weighted by Crippen LogP contribution is 2.29. The van der Waals surface area contributed by atoms with Crippen molar-refractivity contribution >= 4 is 17.4 Å². The first-order chi connectivity index (χ1) is 6.45. The monoisotopic (exact) mass is 213 g/mol. The Morgan fingerprint density at radius 1 is 1.57 bits per heavy atom. The standard InChI is InChI=1S/C10H12ClNO2/c1-5-3-4-7(11)8(9(5)13)10(14)6(2)12/h3-4,6,13H,12H2,1-2H3. The van der Waals surface area contributed by atoms with Crippen molar-refractivity contribution in [1.29, 1.82) is 0 Å². The molecule has 0 heterocycles. The number of hydrogen-bond acceptors (Lipinski definition) is 3. The summed E-state index contributed by atoms with van der Waals surface area (Å²) in [6.07, 6.45) is 0. The maximum Gasteiger partial charge on any atom is 0.184 e. The van der Waals surface area contributed by atoms with Gasteiger partial charge in [-0.2, -0.15) is 0 Å². The third kappa shape index (κ3) is 1.89. The summed E-state index contributed by atoms with van der Waals surface area (Å²) >= 11 is 5.80. The number of rotatable bonds is 2. The van der Waals surface area contributed by atoms with Gasteiger partial charge in [0, 0.05) is 0 Å². The molecule has 0 saturated heterocycles. The lowest BCUT2D eigenvalue weighted by Gasteiger charge is -2.10. The summed E-state index contributed by atoms with van der Waals surface area (Å²) in [6.45, 7) is 3.25. The Bertz CT molecular complexity index is 375. The van der Waals surface area contributed by atoms with E-state index in [1.807, 2.05) is 0 Å². The van der Waals surface area contributed by atoms with Crippen molar-refractivity contribution in [3.05, 3.63) is 28.3 Å². The molecule has 0 spiro atoms. The summed E-state index contributed by atoms with van der Waals surface area (Å²) in [7, 11) is 0. The van der Waals surface area contributed by atoms with Crippen molar-refractivity contribution in [2.24, 2.45) is 5.73 Å². The van der Waals surface area contributed by atoms with Crippen LogP contribution in [0.25, 0.3) is 0 Å². The number of aryl methyl sites for hydroxylation is 1. The Hall–Kier alpha value is -1.06. The number of nitrogens with two attached hydrogens (primary N) is 1. The summed E-state index contributed by atoms with van der Waals surface area (Å²) in [5, 5.41) is 9.87. The van der Waals surface area contributed by atoms with E-state index in [2.05, 4.69) is 0 Å². The molecule has 3 N–H and O–H groups in total. The molecule has 0 aliphatic rings. The van der Waals surface area contributed by atoms with Crippen LogP contribution in [0.2, 0.25) is 5.02 Å². The van der Waals surface area contributed by atoms with Gasteiger partial charge in [0.05, 0.1) is 16.6 Å². The molecule has 1 rings (SSSR count). The summed E-state index contributed by atoms with van der Waals surface area (Å²) < 4.78 is 0. The second kappa shape index (κ2) is 3.98. The number of carbonyl (C=O) groups excluding carboxylic acids is 1. The van der Waals surface area contributed by atoms with Gasteiger partial charge in [-0.25, -0.2) is 0 Å². The van der Waals surface area contributed by atoms with E-state index in [9.17, 15) is 9.90 Å². The lowest BCUT2D eigenvalue weighted by atomic mass is 10.0. The number of ketones is 1.